The molecule has 6 nitrogen and oxygen atoms in total. The van der Waals surface area contributed by atoms with Gasteiger partial charge in [-0.2, -0.15) is 0 Å². The van der Waals surface area contributed by atoms with Crippen LogP contribution in [-0.2, 0) is 16.6 Å². The maximum atomic E-state index is 11.2. The van der Waals surface area contributed by atoms with Crippen molar-refractivity contribution in [1.29, 1.82) is 0 Å². The van der Waals surface area contributed by atoms with Gasteiger partial charge in [0.05, 0.1) is 5.75 Å². The average Bonchev–Trinajstić information content (AvgIpc) is 2.81. The van der Waals surface area contributed by atoms with Crippen molar-refractivity contribution in [3.05, 3.63) is 22.2 Å². The molecule has 2 rings (SSSR count). The van der Waals surface area contributed by atoms with Crippen LogP contribution in [0.15, 0.2) is 16.6 Å². The highest BCUT2D eigenvalue weighted by atomic mass is 79.9. The summed E-state index contributed by atoms with van der Waals surface area (Å²) in [6, 6.07) is 3.73. The van der Waals surface area contributed by atoms with Crippen LogP contribution in [0.4, 0.5) is 0 Å². The molecule has 19 heavy (non-hydrogen) atoms. The van der Waals surface area contributed by atoms with Gasteiger partial charge < -0.3 is 14.8 Å². The Morgan fingerprint density at radius 2 is 2.00 bits per heavy atom. The number of hydrogen-bond donors (Lipinski definition) is 2. The maximum absolute atomic E-state index is 11.2. The second kappa shape index (κ2) is 6.08. The summed E-state index contributed by atoms with van der Waals surface area (Å²) in [6.07, 6.45) is 0. The Labute approximate surface area is 120 Å². The maximum Gasteiger partial charge on any atom is 0.231 e. The van der Waals surface area contributed by atoms with Crippen molar-refractivity contribution >= 4 is 26.0 Å². The summed E-state index contributed by atoms with van der Waals surface area (Å²) >= 11 is 3.45. The van der Waals surface area contributed by atoms with Crippen LogP contribution in [-0.4, -0.2) is 34.6 Å². The van der Waals surface area contributed by atoms with Gasteiger partial charge in [0.15, 0.2) is 11.5 Å². The summed E-state index contributed by atoms with van der Waals surface area (Å²) in [6.45, 7) is 1.17. The van der Waals surface area contributed by atoms with Crippen LogP contribution < -0.4 is 19.5 Å². The Balaban J connectivity index is 1.90. The summed E-state index contributed by atoms with van der Waals surface area (Å²) in [5.74, 6) is 1.47. The third kappa shape index (κ3) is 3.82. The van der Waals surface area contributed by atoms with Crippen molar-refractivity contribution in [3.63, 3.8) is 0 Å². The fraction of sp³-hybridized carbons (Fsp3) is 0.455. The Morgan fingerprint density at radius 3 is 2.68 bits per heavy atom. The topological polar surface area (TPSA) is 76.7 Å². The molecule has 0 atom stereocenters. The van der Waals surface area contributed by atoms with E-state index in [1.807, 2.05) is 12.1 Å². The number of hydrogen-bond acceptors (Lipinski definition) is 5. The molecule has 1 aliphatic heterocycles. The molecule has 0 saturated heterocycles. The molecule has 0 fully saturated rings. The van der Waals surface area contributed by atoms with E-state index in [2.05, 4.69) is 26.0 Å². The van der Waals surface area contributed by atoms with Crippen molar-refractivity contribution in [2.45, 2.75) is 6.54 Å². The van der Waals surface area contributed by atoms with Crippen LogP contribution in [0.3, 0.4) is 0 Å². The van der Waals surface area contributed by atoms with Crippen LogP contribution in [0.2, 0.25) is 0 Å². The summed E-state index contributed by atoms with van der Waals surface area (Å²) in [5, 5.41) is 3.08. The molecule has 0 aliphatic carbocycles. The molecule has 1 aromatic carbocycles. The van der Waals surface area contributed by atoms with E-state index in [1.165, 1.54) is 7.05 Å². The quantitative estimate of drug-likeness (QED) is 0.742. The van der Waals surface area contributed by atoms with Crippen LogP contribution in [0.1, 0.15) is 5.56 Å². The molecule has 0 radical (unpaired) electrons. The Kier molecular flexibility index (Phi) is 4.67. The second-order valence-electron chi connectivity index (χ2n) is 4.00. The van der Waals surface area contributed by atoms with E-state index in [1.54, 1.807) is 0 Å². The minimum atomic E-state index is -3.16. The lowest BCUT2D eigenvalue weighted by Gasteiger charge is -2.08. The van der Waals surface area contributed by atoms with Gasteiger partial charge in [0.25, 0.3) is 0 Å². The Bertz CT molecular complexity index is 562. The molecule has 1 aliphatic rings. The van der Waals surface area contributed by atoms with Crippen LogP contribution in [0.25, 0.3) is 0 Å². The zero-order valence-electron chi connectivity index (χ0n) is 10.4. The van der Waals surface area contributed by atoms with Crippen LogP contribution in [0, 0.1) is 0 Å². The number of fused-ring (bicyclic) bond motifs is 1. The van der Waals surface area contributed by atoms with Crippen molar-refractivity contribution in [1.82, 2.24) is 10.0 Å². The van der Waals surface area contributed by atoms with Gasteiger partial charge in [0.2, 0.25) is 16.8 Å². The lowest BCUT2D eigenvalue weighted by atomic mass is 10.2. The SMILES string of the molecule is CNS(=O)(=O)CCNCc1cc2c(cc1Br)OCO2. The normalized spacial score (nSPS) is 13.8. The molecular weight excluding hydrogens is 336 g/mol. The van der Waals surface area contributed by atoms with Crippen molar-refractivity contribution < 1.29 is 17.9 Å². The third-order valence-electron chi connectivity index (χ3n) is 2.72. The first-order chi connectivity index (χ1) is 9.02. The van der Waals surface area contributed by atoms with Crippen molar-refractivity contribution in [2.75, 3.05) is 26.1 Å². The minimum absolute atomic E-state index is 0.0473. The van der Waals surface area contributed by atoms with Crippen LogP contribution >= 0.6 is 15.9 Å². The van der Waals surface area contributed by atoms with Crippen molar-refractivity contribution in [3.8, 4) is 11.5 Å². The fourth-order valence-corrected chi connectivity index (χ4v) is 2.71. The van der Waals surface area contributed by atoms with E-state index >= 15 is 0 Å². The van der Waals surface area contributed by atoms with E-state index in [9.17, 15) is 8.42 Å². The molecule has 0 spiro atoms. The minimum Gasteiger partial charge on any atom is -0.454 e. The molecule has 0 bridgehead atoms. The highest BCUT2D eigenvalue weighted by molar-refractivity contribution is 9.10. The summed E-state index contributed by atoms with van der Waals surface area (Å²) in [5.41, 5.74) is 0.992. The molecule has 1 aromatic rings. The highest BCUT2D eigenvalue weighted by Gasteiger charge is 2.16. The van der Waals surface area contributed by atoms with Gasteiger partial charge in [-0.1, -0.05) is 15.9 Å². The summed E-state index contributed by atoms with van der Waals surface area (Å²) in [7, 11) is -1.76. The Morgan fingerprint density at radius 1 is 1.32 bits per heavy atom. The van der Waals surface area contributed by atoms with Gasteiger partial charge in [-0.05, 0) is 24.7 Å². The molecule has 2 N–H and O–H groups in total. The predicted molar refractivity (Wildman–Crippen MR) is 74.8 cm³/mol. The first kappa shape index (κ1) is 14.6. The van der Waals surface area contributed by atoms with Gasteiger partial charge in [0.1, 0.15) is 0 Å². The fourth-order valence-electron chi connectivity index (χ4n) is 1.63. The predicted octanol–water partition coefficient (Wildman–Crippen LogP) is 0.817. The lowest BCUT2D eigenvalue weighted by Crippen LogP contribution is -2.29. The number of ether oxygens (including phenoxy) is 2. The molecule has 0 saturated carbocycles. The third-order valence-corrected chi connectivity index (χ3v) is 4.82. The van der Waals surface area contributed by atoms with Crippen LogP contribution in [0.5, 0.6) is 11.5 Å². The summed E-state index contributed by atoms with van der Waals surface area (Å²) in [4.78, 5) is 0. The largest absolute Gasteiger partial charge is 0.454 e. The van der Waals surface area contributed by atoms with Gasteiger partial charge in [-0.15, -0.1) is 0 Å². The van der Waals surface area contributed by atoms with Crippen molar-refractivity contribution in [2.24, 2.45) is 0 Å². The summed E-state index contributed by atoms with van der Waals surface area (Å²) < 4.78 is 36.2. The Hall–Kier alpha value is -0.830. The molecule has 106 valence electrons. The smallest absolute Gasteiger partial charge is 0.231 e. The lowest BCUT2D eigenvalue weighted by molar-refractivity contribution is 0.174. The van der Waals surface area contributed by atoms with E-state index in [4.69, 9.17) is 9.47 Å². The first-order valence-electron chi connectivity index (χ1n) is 5.72. The second-order valence-corrected chi connectivity index (χ2v) is 6.90. The van der Waals surface area contributed by atoms with E-state index < -0.39 is 10.0 Å². The van der Waals surface area contributed by atoms with Gasteiger partial charge in [-0.3, -0.25) is 0 Å². The molecule has 0 amide bonds. The number of rotatable bonds is 6. The van der Waals surface area contributed by atoms with E-state index in [0.29, 0.717) is 24.6 Å². The monoisotopic (exact) mass is 350 g/mol. The average molecular weight is 351 g/mol. The molecule has 8 heteroatoms. The van der Waals surface area contributed by atoms with E-state index in [-0.39, 0.29) is 12.5 Å². The number of halogens is 1. The zero-order valence-corrected chi connectivity index (χ0v) is 12.8. The number of benzene rings is 1. The standard InChI is InChI=1S/C11H15BrN2O4S/c1-13-19(15,16)3-2-14-6-8-4-10-11(5-9(8)12)18-7-17-10/h4-5,13-14H,2-3,6-7H2,1H3. The molecule has 1 heterocycles. The first-order valence-corrected chi connectivity index (χ1v) is 8.16. The van der Waals surface area contributed by atoms with E-state index in [0.717, 1.165) is 10.0 Å². The number of nitrogens with one attached hydrogen (secondary N) is 2. The van der Waals surface area contributed by atoms with Gasteiger partial charge in [-0.25, -0.2) is 13.1 Å². The van der Waals surface area contributed by atoms with Gasteiger partial charge >= 0.3 is 0 Å². The highest BCUT2D eigenvalue weighted by Crippen LogP contribution is 2.36. The van der Waals surface area contributed by atoms with Gasteiger partial charge in [0, 0.05) is 17.6 Å². The number of sulfonamides is 1. The molecular formula is C11H15BrN2O4S. The molecule has 0 unspecified atom stereocenters. The zero-order chi connectivity index (χ0) is 13.9. The molecule has 0 aromatic heterocycles.